The largest absolute Gasteiger partial charge is 0.478 e. The highest BCUT2D eigenvalue weighted by molar-refractivity contribution is 5.89. The van der Waals surface area contributed by atoms with Crippen LogP contribution in [0.1, 0.15) is 10.4 Å². The lowest BCUT2D eigenvalue weighted by molar-refractivity contribution is 0.0697. The lowest BCUT2D eigenvalue weighted by atomic mass is 10.1. The molecule has 0 aliphatic heterocycles. The van der Waals surface area contributed by atoms with Crippen molar-refractivity contribution in [2.45, 2.75) is 0 Å². The number of nitrogen functional groups attached to an aromatic ring is 1. The van der Waals surface area contributed by atoms with Crippen LogP contribution >= 0.6 is 0 Å². The number of anilines is 3. The van der Waals surface area contributed by atoms with Crippen LogP contribution in [0.3, 0.4) is 0 Å². The molecule has 0 spiro atoms. The van der Waals surface area contributed by atoms with Crippen molar-refractivity contribution in [1.29, 1.82) is 0 Å². The van der Waals surface area contributed by atoms with Gasteiger partial charge in [0.05, 0.1) is 29.5 Å². The van der Waals surface area contributed by atoms with E-state index in [2.05, 4.69) is 5.32 Å². The molecule has 0 radical (unpaired) electrons. The molecule has 0 atom stereocenters. The molecular weight excluding hydrogens is 354 g/mol. The molecule has 4 rings (SSSR count). The maximum atomic E-state index is 11.0. The molecule has 28 heavy (non-hydrogen) atoms. The molecule has 6 nitrogen and oxygen atoms in total. The van der Waals surface area contributed by atoms with Gasteiger partial charge in [0.1, 0.15) is 0 Å². The monoisotopic (exact) mass is 375 g/mol. The van der Waals surface area contributed by atoms with E-state index in [0.29, 0.717) is 11.4 Å². The maximum Gasteiger partial charge on any atom is 0.335 e. The van der Waals surface area contributed by atoms with Crippen molar-refractivity contribution in [2.24, 2.45) is 7.05 Å². The number of carbonyl (C=O) groups is 1. The predicted molar refractivity (Wildman–Crippen MR) is 111 cm³/mol. The summed E-state index contributed by atoms with van der Waals surface area (Å²) in [4.78, 5) is 11.0. The van der Waals surface area contributed by atoms with Gasteiger partial charge < -0.3 is 25.1 Å². The van der Waals surface area contributed by atoms with Gasteiger partial charge in [-0.2, -0.15) is 0 Å². The van der Waals surface area contributed by atoms with Gasteiger partial charge in [0.25, 0.3) is 0 Å². The van der Waals surface area contributed by atoms with Crippen LogP contribution in [0.25, 0.3) is 11.1 Å². The summed E-state index contributed by atoms with van der Waals surface area (Å²) in [5.41, 5.74) is 10.1. The van der Waals surface area contributed by atoms with Crippen molar-refractivity contribution >= 4 is 23.0 Å². The Hall–Kier alpha value is -3.93. The van der Waals surface area contributed by atoms with Crippen molar-refractivity contribution in [3.63, 3.8) is 0 Å². The first kappa shape index (κ1) is 18.8. The molecule has 4 N–H and O–H groups in total. The van der Waals surface area contributed by atoms with Gasteiger partial charge in [0.2, 0.25) is 0 Å². The first-order valence-corrected chi connectivity index (χ1v) is 8.62. The number of hydrogen-bond donors (Lipinski definition) is 3. The van der Waals surface area contributed by atoms with E-state index < -0.39 is 5.97 Å². The zero-order valence-electron chi connectivity index (χ0n) is 15.4. The van der Waals surface area contributed by atoms with E-state index in [1.165, 1.54) is 0 Å². The molecule has 0 saturated carbocycles. The van der Waals surface area contributed by atoms with Crippen molar-refractivity contribution < 1.29 is 14.3 Å². The molecule has 0 bridgehead atoms. The predicted octanol–water partition coefficient (Wildman–Crippen LogP) is 5.00. The fraction of sp³-hybridized carbons (Fsp3) is 0.0455. The highest BCUT2D eigenvalue weighted by Crippen LogP contribution is 2.29. The van der Waals surface area contributed by atoms with Crippen molar-refractivity contribution in [1.82, 2.24) is 4.57 Å². The Morgan fingerprint density at radius 2 is 1.82 bits per heavy atom. The SMILES string of the molecule is Cn1cccc1.Nc1cc(-c2ccoc2)ccc1Nc1cccc(C(=O)O)c1. The van der Waals surface area contributed by atoms with Gasteiger partial charge in [-0.1, -0.05) is 12.1 Å². The third-order valence-corrected chi connectivity index (χ3v) is 4.05. The number of benzene rings is 2. The Kier molecular flexibility index (Phi) is 5.81. The van der Waals surface area contributed by atoms with E-state index in [-0.39, 0.29) is 5.56 Å². The summed E-state index contributed by atoms with van der Waals surface area (Å²) in [6.45, 7) is 0. The summed E-state index contributed by atoms with van der Waals surface area (Å²) in [6, 6.07) is 18.0. The smallest absolute Gasteiger partial charge is 0.335 e. The molecular formula is C22H21N3O3. The Balaban J connectivity index is 0.000000320. The number of nitrogens with zero attached hydrogens (tertiary/aromatic N) is 1. The number of nitrogens with two attached hydrogens (primary N) is 1. The number of aryl methyl sites for hydroxylation is 1. The van der Waals surface area contributed by atoms with Crippen LogP contribution in [0.5, 0.6) is 0 Å². The van der Waals surface area contributed by atoms with Crippen LogP contribution in [0.15, 0.2) is 90.0 Å². The minimum atomic E-state index is -0.966. The Morgan fingerprint density at radius 1 is 1.04 bits per heavy atom. The van der Waals surface area contributed by atoms with Crippen LogP contribution in [0, 0.1) is 0 Å². The van der Waals surface area contributed by atoms with Crippen molar-refractivity contribution in [3.05, 3.63) is 91.1 Å². The molecule has 2 aromatic carbocycles. The molecule has 4 aromatic rings. The zero-order chi connectivity index (χ0) is 19.9. The number of rotatable bonds is 4. The van der Waals surface area contributed by atoms with E-state index >= 15 is 0 Å². The second-order valence-electron chi connectivity index (χ2n) is 6.17. The lowest BCUT2D eigenvalue weighted by Crippen LogP contribution is -1.99. The summed E-state index contributed by atoms with van der Waals surface area (Å²) >= 11 is 0. The summed E-state index contributed by atoms with van der Waals surface area (Å²) < 4.78 is 7.06. The second-order valence-corrected chi connectivity index (χ2v) is 6.17. The minimum absolute atomic E-state index is 0.221. The molecule has 0 aliphatic rings. The minimum Gasteiger partial charge on any atom is -0.478 e. The first-order valence-electron chi connectivity index (χ1n) is 8.62. The van der Waals surface area contributed by atoms with E-state index in [0.717, 1.165) is 16.8 Å². The third kappa shape index (κ3) is 4.82. The summed E-state index contributed by atoms with van der Waals surface area (Å²) in [5, 5.41) is 12.1. The topological polar surface area (TPSA) is 93.4 Å². The number of aromatic nitrogens is 1. The number of furan rings is 1. The van der Waals surface area contributed by atoms with Crippen molar-refractivity contribution in [2.75, 3.05) is 11.1 Å². The van der Waals surface area contributed by atoms with Crippen LogP contribution in [0.2, 0.25) is 0 Å². The molecule has 142 valence electrons. The highest BCUT2D eigenvalue weighted by atomic mass is 16.4. The lowest BCUT2D eigenvalue weighted by Gasteiger charge is -2.11. The normalized spacial score (nSPS) is 10.0. The molecule has 0 saturated heterocycles. The number of carboxylic acid groups (broad SMARTS) is 1. The summed E-state index contributed by atoms with van der Waals surface area (Å²) in [6.07, 6.45) is 7.26. The quantitative estimate of drug-likeness (QED) is 0.437. The Morgan fingerprint density at radius 3 is 2.39 bits per heavy atom. The average Bonchev–Trinajstić information content (AvgIpc) is 3.38. The fourth-order valence-electron chi connectivity index (χ4n) is 2.59. The Labute approximate surface area is 162 Å². The standard InChI is InChI=1S/C17H14N2O3.C5H7N/c18-15-9-11(13-6-7-22-10-13)4-5-16(15)19-14-3-1-2-12(8-14)17(20)21;1-6-4-2-3-5-6/h1-10,19H,18H2,(H,20,21);2-5H,1H3. The molecule has 0 amide bonds. The van der Waals surface area contributed by atoms with Crippen LogP contribution in [0.4, 0.5) is 17.1 Å². The van der Waals surface area contributed by atoms with Gasteiger partial charge in [-0.3, -0.25) is 0 Å². The third-order valence-electron chi connectivity index (χ3n) is 4.05. The van der Waals surface area contributed by atoms with E-state index in [1.807, 2.05) is 60.4 Å². The zero-order valence-corrected chi connectivity index (χ0v) is 15.4. The van der Waals surface area contributed by atoms with Gasteiger partial charge in [-0.15, -0.1) is 0 Å². The molecule has 0 fully saturated rings. The average molecular weight is 375 g/mol. The molecule has 6 heteroatoms. The maximum absolute atomic E-state index is 11.0. The van der Waals surface area contributed by atoms with Gasteiger partial charge in [0.15, 0.2) is 0 Å². The van der Waals surface area contributed by atoms with Gasteiger partial charge >= 0.3 is 5.97 Å². The van der Waals surface area contributed by atoms with Crippen LogP contribution < -0.4 is 11.1 Å². The molecule has 2 heterocycles. The van der Waals surface area contributed by atoms with E-state index in [4.69, 9.17) is 15.3 Å². The van der Waals surface area contributed by atoms with E-state index in [9.17, 15) is 4.79 Å². The summed E-state index contributed by atoms with van der Waals surface area (Å²) in [7, 11) is 2.00. The highest BCUT2D eigenvalue weighted by Gasteiger charge is 2.06. The number of carboxylic acids is 1. The van der Waals surface area contributed by atoms with Crippen LogP contribution in [-0.2, 0) is 7.05 Å². The van der Waals surface area contributed by atoms with Gasteiger partial charge in [0, 0.05) is 30.7 Å². The van der Waals surface area contributed by atoms with E-state index in [1.54, 1.807) is 36.8 Å². The van der Waals surface area contributed by atoms with Gasteiger partial charge in [-0.25, -0.2) is 4.79 Å². The Bertz CT molecular complexity index is 1040. The van der Waals surface area contributed by atoms with Gasteiger partial charge in [-0.05, 0) is 54.1 Å². The number of nitrogens with one attached hydrogen (secondary N) is 1. The second kappa shape index (κ2) is 8.64. The van der Waals surface area contributed by atoms with Crippen molar-refractivity contribution in [3.8, 4) is 11.1 Å². The number of aromatic carboxylic acids is 1. The fourth-order valence-corrected chi connectivity index (χ4v) is 2.59. The van der Waals surface area contributed by atoms with Crippen LogP contribution in [-0.4, -0.2) is 15.6 Å². The molecule has 0 aliphatic carbocycles. The number of hydrogen-bond acceptors (Lipinski definition) is 4. The first-order chi connectivity index (χ1) is 13.5. The summed E-state index contributed by atoms with van der Waals surface area (Å²) in [5.74, 6) is -0.966. The molecule has 2 aromatic heterocycles. The molecule has 0 unspecified atom stereocenters.